The van der Waals surface area contributed by atoms with Crippen LogP contribution < -0.4 is 5.73 Å². The van der Waals surface area contributed by atoms with Crippen molar-refractivity contribution in [3.63, 3.8) is 0 Å². The molecule has 0 unspecified atom stereocenters. The third-order valence-corrected chi connectivity index (χ3v) is 3.35. The van der Waals surface area contributed by atoms with Crippen LogP contribution in [0.1, 0.15) is 12.5 Å². The second kappa shape index (κ2) is 5.17. The number of anilines is 1. The lowest BCUT2D eigenvalue weighted by Gasteiger charge is -2.08. The first kappa shape index (κ1) is 12.4. The molecule has 2 aromatic carbocycles. The number of para-hydroxylation sites is 1. The van der Waals surface area contributed by atoms with E-state index in [0.717, 1.165) is 23.4 Å². The Morgan fingerprint density at radius 3 is 2.45 bits per heavy atom. The van der Waals surface area contributed by atoms with Gasteiger partial charge in [0.25, 0.3) is 0 Å². The number of rotatable bonds is 3. The molecule has 0 aliphatic heterocycles. The van der Waals surface area contributed by atoms with Gasteiger partial charge >= 0.3 is 0 Å². The number of nitrogen functional groups attached to an aromatic ring is 1. The van der Waals surface area contributed by atoms with Crippen LogP contribution in [0.4, 0.5) is 5.82 Å². The van der Waals surface area contributed by atoms with Gasteiger partial charge in [0.2, 0.25) is 0 Å². The molecule has 0 spiro atoms. The van der Waals surface area contributed by atoms with E-state index in [9.17, 15) is 0 Å². The van der Waals surface area contributed by atoms with Gasteiger partial charge in [-0.05, 0) is 18.1 Å². The standard InChI is InChI=1S/C16H16N4/c1-2-12-8-6-7-11-14(12)20-16(17)15(18-19-20)13-9-4-3-5-10-13/h3-11H,2,17H2,1H3. The van der Waals surface area contributed by atoms with Gasteiger partial charge in [0.1, 0.15) is 5.69 Å². The first-order chi connectivity index (χ1) is 9.81. The maximum absolute atomic E-state index is 6.23. The molecule has 1 aromatic heterocycles. The van der Waals surface area contributed by atoms with Crippen LogP contribution in [0.15, 0.2) is 54.6 Å². The van der Waals surface area contributed by atoms with Crippen molar-refractivity contribution in [2.45, 2.75) is 13.3 Å². The predicted octanol–water partition coefficient (Wildman–Crippen LogP) is 3.08. The molecular weight excluding hydrogens is 248 g/mol. The molecule has 3 aromatic rings. The Morgan fingerprint density at radius 1 is 1.00 bits per heavy atom. The fraction of sp³-hybridized carbons (Fsp3) is 0.125. The second-order valence-electron chi connectivity index (χ2n) is 4.58. The fourth-order valence-corrected chi connectivity index (χ4v) is 2.29. The van der Waals surface area contributed by atoms with Gasteiger partial charge in [0.05, 0.1) is 5.69 Å². The molecule has 3 rings (SSSR count). The van der Waals surface area contributed by atoms with Crippen LogP contribution in [0.3, 0.4) is 0 Å². The van der Waals surface area contributed by atoms with Gasteiger partial charge in [-0.15, -0.1) is 5.10 Å². The number of nitrogens with two attached hydrogens (primary N) is 1. The highest BCUT2D eigenvalue weighted by atomic mass is 15.5. The average Bonchev–Trinajstić information content (AvgIpc) is 2.89. The van der Waals surface area contributed by atoms with Gasteiger partial charge in [-0.3, -0.25) is 0 Å². The van der Waals surface area contributed by atoms with Gasteiger partial charge in [0.15, 0.2) is 5.82 Å². The van der Waals surface area contributed by atoms with Crippen LogP contribution in [-0.4, -0.2) is 15.0 Å². The molecular formula is C16H16N4. The Bertz CT molecular complexity index is 716. The van der Waals surface area contributed by atoms with E-state index in [1.54, 1.807) is 4.68 Å². The molecule has 2 N–H and O–H groups in total. The third-order valence-electron chi connectivity index (χ3n) is 3.35. The molecule has 0 bridgehead atoms. The highest BCUT2D eigenvalue weighted by Crippen LogP contribution is 2.26. The molecule has 4 heteroatoms. The molecule has 0 radical (unpaired) electrons. The number of nitrogens with zero attached hydrogens (tertiary/aromatic N) is 3. The van der Waals surface area contributed by atoms with E-state index >= 15 is 0 Å². The van der Waals surface area contributed by atoms with E-state index in [1.807, 2.05) is 48.5 Å². The molecule has 1 heterocycles. The maximum atomic E-state index is 6.23. The highest BCUT2D eigenvalue weighted by molar-refractivity contribution is 5.71. The van der Waals surface area contributed by atoms with Crippen molar-refractivity contribution in [1.82, 2.24) is 15.0 Å². The summed E-state index contributed by atoms with van der Waals surface area (Å²) in [6, 6.07) is 18.0. The third kappa shape index (κ3) is 2.05. The largest absolute Gasteiger partial charge is 0.382 e. The summed E-state index contributed by atoms with van der Waals surface area (Å²) in [6.45, 7) is 2.12. The molecule has 20 heavy (non-hydrogen) atoms. The fourth-order valence-electron chi connectivity index (χ4n) is 2.29. The summed E-state index contributed by atoms with van der Waals surface area (Å²) in [5.74, 6) is 0.567. The van der Waals surface area contributed by atoms with Gasteiger partial charge in [-0.2, -0.15) is 4.68 Å². The van der Waals surface area contributed by atoms with E-state index in [-0.39, 0.29) is 0 Å². The monoisotopic (exact) mass is 264 g/mol. The lowest BCUT2D eigenvalue weighted by Crippen LogP contribution is -2.05. The van der Waals surface area contributed by atoms with E-state index in [1.165, 1.54) is 5.56 Å². The molecule has 0 amide bonds. The summed E-state index contributed by atoms with van der Waals surface area (Å²) in [6.07, 6.45) is 0.927. The topological polar surface area (TPSA) is 56.7 Å². The van der Waals surface area contributed by atoms with Crippen molar-refractivity contribution in [3.05, 3.63) is 60.2 Å². The molecule has 0 atom stereocenters. The van der Waals surface area contributed by atoms with E-state index < -0.39 is 0 Å². The summed E-state index contributed by atoms with van der Waals surface area (Å²) in [5, 5.41) is 8.44. The lowest BCUT2D eigenvalue weighted by atomic mass is 10.1. The molecule has 0 aliphatic carbocycles. The first-order valence-electron chi connectivity index (χ1n) is 6.66. The quantitative estimate of drug-likeness (QED) is 0.791. The summed E-state index contributed by atoms with van der Waals surface area (Å²) in [7, 11) is 0. The van der Waals surface area contributed by atoms with Crippen LogP contribution in [0.2, 0.25) is 0 Å². The zero-order valence-electron chi connectivity index (χ0n) is 11.3. The smallest absolute Gasteiger partial charge is 0.155 e. The number of hydrogen-bond acceptors (Lipinski definition) is 3. The SMILES string of the molecule is CCc1ccccc1-n1nnc(-c2ccccc2)c1N. The lowest BCUT2D eigenvalue weighted by molar-refractivity contribution is 0.800. The number of hydrogen-bond donors (Lipinski definition) is 1. The number of aryl methyl sites for hydroxylation is 1. The van der Waals surface area contributed by atoms with Crippen LogP contribution >= 0.6 is 0 Å². The Balaban J connectivity index is 2.11. The van der Waals surface area contributed by atoms with Gasteiger partial charge in [0, 0.05) is 5.56 Å². The summed E-state index contributed by atoms with van der Waals surface area (Å²) >= 11 is 0. The Labute approximate surface area is 117 Å². The van der Waals surface area contributed by atoms with Gasteiger partial charge in [-0.1, -0.05) is 60.7 Å². The predicted molar refractivity (Wildman–Crippen MR) is 80.6 cm³/mol. The number of aromatic nitrogens is 3. The maximum Gasteiger partial charge on any atom is 0.155 e. The van der Waals surface area contributed by atoms with E-state index in [0.29, 0.717) is 5.82 Å². The second-order valence-corrected chi connectivity index (χ2v) is 4.58. The van der Waals surface area contributed by atoms with E-state index in [2.05, 4.69) is 23.3 Å². The minimum Gasteiger partial charge on any atom is -0.382 e. The van der Waals surface area contributed by atoms with Crippen molar-refractivity contribution in [2.24, 2.45) is 0 Å². The van der Waals surface area contributed by atoms with Crippen LogP contribution in [0.5, 0.6) is 0 Å². The molecule has 4 nitrogen and oxygen atoms in total. The minimum atomic E-state index is 0.567. The molecule has 0 saturated heterocycles. The first-order valence-corrected chi connectivity index (χ1v) is 6.66. The zero-order valence-corrected chi connectivity index (χ0v) is 11.3. The van der Waals surface area contributed by atoms with Crippen molar-refractivity contribution < 1.29 is 0 Å². The van der Waals surface area contributed by atoms with Crippen LogP contribution in [-0.2, 0) is 6.42 Å². The Kier molecular flexibility index (Phi) is 3.21. The normalized spacial score (nSPS) is 10.7. The Morgan fingerprint density at radius 2 is 1.70 bits per heavy atom. The Hall–Kier alpha value is -2.62. The number of benzene rings is 2. The van der Waals surface area contributed by atoms with Gasteiger partial charge < -0.3 is 5.73 Å². The van der Waals surface area contributed by atoms with Crippen molar-refractivity contribution >= 4 is 5.82 Å². The summed E-state index contributed by atoms with van der Waals surface area (Å²) < 4.78 is 1.71. The summed E-state index contributed by atoms with van der Waals surface area (Å²) in [4.78, 5) is 0. The van der Waals surface area contributed by atoms with E-state index in [4.69, 9.17) is 5.73 Å². The molecule has 0 fully saturated rings. The minimum absolute atomic E-state index is 0.567. The van der Waals surface area contributed by atoms with Crippen LogP contribution in [0, 0.1) is 0 Å². The molecule has 0 aliphatic rings. The average molecular weight is 264 g/mol. The molecule has 100 valence electrons. The highest BCUT2D eigenvalue weighted by Gasteiger charge is 2.14. The van der Waals surface area contributed by atoms with Crippen molar-refractivity contribution in [1.29, 1.82) is 0 Å². The summed E-state index contributed by atoms with van der Waals surface area (Å²) in [5.41, 5.74) is 10.1. The van der Waals surface area contributed by atoms with Crippen LogP contribution in [0.25, 0.3) is 16.9 Å². The van der Waals surface area contributed by atoms with Crippen molar-refractivity contribution in [2.75, 3.05) is 5.73 Å². The van der Waals surface area contributed by atoms with Gasteiger partial charge in [-0.25, -0.2) is 0 Å². The molecule has 0 saturated carbocycles. The zero-order chi connectivity index (χ0) is 13.9. The van der Waals surface area contributed by atoms with Crippen molar-refractivity contribution in [3.8, 4) is 16.9 Å².